The number of fused-ring (bicyclic) bond motifs is 1. The van der Waals surface area contributed by atoms with Gasteiger partial charge in [-0.05, 0) is 37.1 Å². The molecule has 3 heterocycles. The van der Waals surface area contributed by atoms with Gasteiger partial charge in [-0.2, -0.15) is 5.10 Å². The van der Waals surface area contributed by atoms with E-state index in [9.17, 15) is 4.79 Å². The molecule has 0 N–H and O–H groups in total. The number of para-hydroxylation sites is 1. The van der Waals surface area contributed by atoms with Crippen molar-refractivity contribution in [3.63, 3.8) is 0 Å². The summed E-state index contributed by atoms with van der Waals surface area (Å²) in [6.45, 7) is 6.95. The van der Waals surface area contributed by atoms with E-state index in [-0.39, 0.29) is 5.91 Å². The molecule has 0 spiro atoms. The third kappa shape index (κ3) is 5.00. The molecule has 0 saturated carbocycles. The normalized spacial score (nSPS) is 14.2. The lowest BCUT2D eigenvalue weighted by Crippen LogP contribution is -2.48. The van der Waals surface area contributed by atoms with Gasteiger partial charge in [-0.15, -0.1) is 0 Å². The molecular formula is C29H32N6O. The van der Waals surface area contributed by atoms with Crippen LogP contribution in [0.4, 0.5) is 5.82 Å². The summed E-state index contributed by atoms with van der Waals surface area (Å²) in [4.78, 5) is 27.0. The third-order valence-corrected chi connectivity index (χ3v) is 6.59. The van der Waals surface area contributed by atoms with Crippen molar-refractivity contribution in [1.82, 2.24) is 24.6 Å². The number of aryl methyl sites for hydroxylation is 2. The summed E-state index contributed by atoms with van der Waals surface area (Å²) in [5, 5.41) is 5.84. The summed E-state index contributed by atoms with van der Waals surface area (Å²) >= 11 is 0. The van der Waals surface area contributed by atoms with Gasteiger partial charge < -0.3 is 9.80 Å². The van der Waals surface area contributed by atoms with Crippen LogP contribution in [0.15, 0.2) is 66.7 Å². The summed E-state index contributed by atoms with van der Waals surface area (Å²) in [6, 6.07) is 20.0. The number of hydrogen-bond acceptors (Lipinski definition) is 5. The monoisotopic (exact) mass is 480 g/mol. The minimum absolute atomic E-state index is 0.0445. The largest absolute Gasteiger partial charge is 0.352 e. The van der Waals surface area contributed by atoms with Crippen LogP contribution in [-0.2, 0) is 11.2 Å². The molecule has 1 aliphatic rings. The second-order valence-corrected chi connectivity index (χ2v) is 9.15. The fourth-order valence-corrected chi connectivity index (χ4v) is 4.61. The second kappa shape index (κ2) is 10.7. The minimum Gasteiger partial charge on any atom is -0.352 e. The molecule has 5 rings (SSSR count). The predicted octanol–water partition coefficient (Wildman–Crippen LogP) is 4.83. The Morgan fingerprint density at radius 2 is 1.64 bits per heavy atom. The highest BCUT2D eigenvalue weighted by Gasteiger charge is 2.25. The minimum atomic E-state index is 0.0445. The lowest BCUT2D eigenvalue weighted by atomic mass is 10.2. The van der Waals surface area contributed by atoms with E-state index in [1.165, 1.54) is 0 Å². The Hall–Kier alpha value is -4.00. The lowest BCUT2D eigenvalue weighted by Gasteiger charge is -2.35. The van der Waals surface area contributed by atoms with E-state index in [0.717, 1.165) is 72.0 Å². The first-order chi connectivity index (χ1) is 17.6. The van der Waals surface area contributed by atoms with Crippen LogP contribution in [-0.4, -0.2) is 56.7 Å². The summed E-state index contributed by atoms with van der Waals surface area (Å²) in [6.07, 6.45) is 6.51. The predicted molar refractivity (Wildman–Crippen MR) is 144 cm³/mol. The molecule has 1 aliphatic heterocycles. The smallest absolute Gasteiger partial charge is 0.246 e. The summed E-state index contributed by atoms with van der Waals surface area (Å²) in [5.74, 6) is 1.82. The van der Waals surface area contributed by atoms with Crippen LogP contribution >= 0.6 is 0 Å². The molecule has 36 heavy (non-hydrogen) atoms. The number of nitrogens with zero attached hydrogens (tertiary/aromatic N) is 6. The van der Waals surface area contributed by atoms with Crippen molar-refractivity contribution in [2.75, 3.05) is 31.1 Å². The average molecular weight is 481 g/mol. The van der Waals surface area contributed by atoms with Crippen LogP contribution < -0.4 is 4.90 Å². The summed E-state index contributed by atoms with van der Waals surface area (Å²) in [5.41, 5.74) is 3.77. The SMILES string of the molecule is CCCCc1nc(N2CCN(C(=O)/C=C/c3ccccc3)CC2)c2c(C)nn(-c3ccccc3)c2n1. The number of carbonyl (C=O) groups is 1. The molecule has 7 heteroatoms. The first kappa shape index (κ1) is 23.7. The quantitative estimate of drug-likeness (QED) is 0.355. The number of rotatable bonds is 7. The zero-order valence-electron chi connectivity index (χ0n) is 21.0. The zero-order chi connectivity index (χ0) is 24.9. The number of benzene rings is 2. The molecule has 0 aliphatic carbocycles. The van der Waals surface area contributed by atoms with Gasteiger partial charge in [-0.3, -0.25) is 4.79 Å². The standard InChI is InChI=1S/C29H32N6O/c1-3-4-15-25-30-28(27-22(2)32-35(29(27)31-25)24-13-9-6-10-14-24)34-20-18-33(19-21-34)26(36)17-16-23-11-7-5-8-12-23/h5-14,16-17H,3-4,15,18-21H2,1-2H3/b17-16+. The molecule has 1 saturated heterocycles. The summed E-state index contributed by atoms with van der Waals surface area (Å²) in [7, 11) is 0. The third-order valence-electron chi connectivity index (χ3n) is 6.59. The maximum absolute atomic E-state index is 12.8. The molecule has 0 bridgehead atoms. The van der Waals surface area contributed by atoms with E-state index >= 15 is 0 Å². The molecule has 4 aromatic rings. The zero-order valence-corrected chi connectivity index (χ0v) is 21.0. The maximum atomic E-state index is 12.8. The van der Waals surface area contributed by atoms with Gasteiger partial charge in [0.15, 0.2) is 5.65 Å². The van der Waals surface area contributed by atoms with Crippen molar-refractivity contribution < 1.29 is 4.79 Å². The Bertz CT molecular complexity index is 1360. The van der Waals surface area contributed by atoms with Crippen molar-refractivity contribution >= 4 is 28.8 Å². The molecule has 1 fully saturated rings. The van der Waals surface area contributed by atoms with Crippen LogP contribution in [0.25, 0.3) is 22.8 Å². The number of amides is 1. The molecule has 0 atom stereocenters. The number of piperazine rings is 1. The Morgan fingerprint density at radius 3 is 2.33 bits per heavy atom. The van der Waals surface area contributed by atoms with Crippen molar-refractivity contribution in [3.05, 3.63) is 83.8 Å². The van der Waals surface area contributed by atoms with E-state index in [2.05, 4.69) is 11.8 Å². The molecule has 1 amide bonds. The van der Waals surface area contributed by atoms with E-state index in [1.807, 2.05) is 83.2 Å². The maximum Gasteiger partial charge on any atom is 0.246 e. The van der Waals surface area contributed by atoms with Gasteiger partial charge >= 0.3 is 0 Å². The van der Waals surface area contributed by atoms with Gasteiger partial charge in [-0.1, -0.05) is 61.9 Å². The first-order valence-corrected chi connectivity index (χ1v) is 12.7. The highest BCUT2D eigenvalue weighted by Crippen LogP contribution is 2.30. The molecular weight excluding hydrogens is 448 g/mol. The molecule has 7 nitrogen and oxygen atoms in total. The van der Waals surface area contributed by atoms with Crippen molar-refractivity contribution in [2.24, 2.45) is 0 Å². The van der Waals surface area contributed by atoms with Gasteiger partial charge in [0.1, 0.15) is 11.6 Å². The highest BCUT2D eigenvalue weighted by atomic mass is 16.2. The topological polar surface area (TPSA) is 67.2 Å². The fourth-order valence-electron chi connectivity index (χ4n) is 4.61. The second-order valence-electron chi connectivity index (χ2n) is 9.15. The van der Waals surface area contributed by atoms with E-state index in [4.69, 9.17) is 15.1 Å². The van der Waals surface area contributed by atoms with E-state index < -0.39 is 0 Å². The Morgan fingerprint density at radius 1 is 0.944 bits per heavy atom. The number of unbranched alkanes of at least 4 members (excludes halogenated alkanes) is 1. The number of anilines is 1. The Labute approximate surface area is 212 Å². The molecule has 184 valence electrons. The van der Waals surface area contributed by atoms with Gasteiger partial charge in [-0.25, -0.2) is 14.6 Å². The van der Waals surface area contributed by atoms with Crippen molar-refractivity contribution in [2.45, 2.75) is 33.1 Å². The molecule has 0 unspecified atom stereocenters. The first-order valence-electron chi connectivity index (χ1n) is 12.7. The average Bonchev–Trinajstić information content (AvgIpc) is 3.27. The van der Waals surface area contributed by atoms with Crippen molar-refractivity contribution in [3.8, 4) is 5.69 Å². The highest BCUT2D eigenvalue weighted by molar-refractivity contribution is 5.93. The molecule has 0 radical (unpaired) electrons. The number of aromatic nitrogens is 4. The molecule has 2 aromatic carbocycles. The van der Waals surface area contributed by atoms with E-state index in [0.29, 0.717) is 13.1 Å². The van der Waals surface area contributed by atoms with Gasteiger partial charge in [0.2, 0.25) is 5.91 Å². The van der Waals surface area contributed by atoms with Crippen LogP contribution in [0.3, 0.4) is 0 Å². The Balaban J connectivity index is 1.41. The number of hydrogen-bond donors (Lipinski definition) is 0. The van der Waals surface area contributed by atoms with Crippen LogP contribution in [0.5, 0.6) is 0 Å². The Kier molecular flexibility index (Phi) is 7.07. The van der Waals surface area contributed by atoms with Crippen LogP contribution in [0.1, 0.15) is 36.8 Å². The van der Waals surface area contributed by atoms with Crippen LogP contribution in [0.2, 0.25) is 0 Å². The van der Waals surface area contributed by atoms with Gasteiger partial charge in [0.25, 0.3) is 0 Å². The van der Waals surface area contributed by atoms with Gasteiger partial charge in [0, 0.05) is 38.7 Å². The van der Waals surface area contributed by atoms with Crippen LogP contribution in [0, 0.1) is 6.92 Å². The fraction of sp³-hybridized carbons (Fsp3) is 0.310. The number of carbonyl (C=O) groups excluding carboxylic acids is 1. The van der Waals surface area contributed by atoms with Gasteiger partial charge in [0.05, 0.1) is 16.8 Å². The summed E-state index contributed by atoms with van der Waals surface area (Å²) < 4.78 is 1.93. The lowest BCUT2D eigenvalue weighted by molar-refractivity contribution is -0.126. The van der Waals surface area contributed by atoms with E-state index in [1.54, 1.807) is 6.08 Å². The van der Waals surface area contributed by atoms with Crippen molar-refractivity contribution in [1.29, 1.82) is 0 Å². The molecule has 2 aromatic heterocycles.